The molecule has 92 valence electrons. The number of hydrogen-bond donors (Lipinski definition) is 1. The van der Waals surface area contributed by atoms with Gasteiger partial charge in [0, 0.05) is 24.5 Å². The molecular weight excluding hydrogens is 288 g/mol. The maximum Gasteiger partial charge on any atom is 0.270 e. The van der Waals surface area contributed by atoms with E-state index in [1.807, 2.05) is 0 Å². The molecule has 1 aromatic heterocycles. The molecule has 5 nitrogen and oxygen atoms in total. The molecule has 2 rings (SSSR count). The number of nitrogens with one attached hydrogen (secondary N) is 1. The van der Waals surface area contributed by atoms with E-state index in [9.17, 15) is 9.59 Å². The van der Waals surface area contributed by atoms with Gasteiger partial charge in [0.1, 0.15) is 5.69 Å². The van der Waals surface area contributed by atoms with Crippen molar-refractivity contribution in [2.45, 2.75) is 6.10 Å². The van der Waals surface area contributed by atoms with E-state index in [0.717, 1.165) is 0 Å². The van der Waals surface area contributed by atoms with Gasteiger partial charge in [-0.25, -0.2) is 0 Å². The van der Waals surface area contributed by atoms with E-state index in [0.29, 0.717) is 30.7 Å². The lowest BCUT2D eigenvalue weighted by Crippen LogP contribution is -2.46. The van der Waals surface area contributed by atoms with Crippen molar-refractivity contribution in [3.63, 3.8) is 0 Å². The third kappa shape index (κ3) is 2.95. The average Bonchev–Trinajstić information content (AvgIpc) is 2.38. The van der Waals surface area contributed by atoms with Crippen LogP contribution in [0.1, 0.15) is 10.5 Å². The number of nitrogens with zero attached hydrogens (tertiary/aromatic N) is 1. The summed E-state index contributed by atoms with van der Waals surface area (Å²) in [6, 6.07) is 4.58. The van der Waals surface area contributed by atoms with Crippen LogP contribution in [0.15, 0.2) is 23.0 Å². The highest BCUT2D eigenvalue weighted by Crippen LogP contribution is 2.10. The molecule has 0 aromatic carbocycles. The number of H-pyrrole nitrogens is 1. The summed E-state index contributed by atoms with van der Waals surface area (Å²) >= 11 is 3.33. The largest absolute Gasteiger partial charge is 0.374 e. The van der Waals surface area contributed by atoms with Gasteiger partial charge >= 0.3 is 0 Å². The number of morpholine rings is 1. The van der Waals surface area contributed by atoms with Crippen LogP contribution in [0.25, 0.3) is 0 Å². The Morgan fingerprint density at radius 3 is 3.12 bits per heavy atom. The van der Waals surface area contributed by atoms with Gasteiger partial charge in [-0.3, -0.25) is 9.59 Å². The summed E-state index contributed by atoms with van der Waals surface area (Å²) < 4.78 is 5.45. The minimum atomic E-state index is -0.263. The van der Waals surface area contributed by atoms with Gasteiger partial charge in [-0.05, 0) is 6.07 Å². The second-order valence-corrected chi connectivity index (χ2v) is 4.47. The fraction of sp³-hybridized carbons (Fsp3) is 0.455. The smallest absolute Gasteiger partial charge is 0.270 e. The monoisotopic (exact) mass is 300 g/mol. The van der Waals surface area contributed by atoms with Gasteiger partial charge in [0.15, 0.2) is 0 Å². The Labute approximate surface area is 107 Å². The molecule has 6 heteroatoms. The maximum absolute atomic E-state index is 12.1. The molecule has 1 amide bonds. The first-order chi connectivity index (χ1) is 8.20. The zero-order chi connectivity index (χ0) is 12.3. The number of amides is 1. The van der Waals surface area contributed by atoms with E-state index >= 15 is 0 Å². The molecular formula is C11H13BrN2O3. The minimum Gasteiger partial charge on any atom is -0.374 e. The number of halogens is 1. The number of carbonyl (C=O) groups is 1. The normalized spacial score (nSPS) is 20.3. The highest BCUT2D eigenvalue weighted by atomic mass is 79.9. The van der Waals surface area contributed by atoms with Crippen molar-refractivity contribution in [2.75, 3.05) is 25.0 Å². The molecule has 0 spiro atoms. The van der Waals surface area contributed by atoms with E-state index in [1.165, 1.54) is 6.07 Å². The van der Waals surface area contributed by atoms with E-state index < -0.39 is 0 Å². The first kappa shape index (κ1) is 12.3. The molecule has 1 unspecified atom stereocenters. The van der Waals surface area contributed by atoms with Crippen LogP contribution in [-0.4, -0.2) is 46.9 Å². The molecule has 0 radical (unpaired) electrons. The van der Waals surface area contributed by atoms with Crippen LogP contribution >= 0.6 is 15.9 Å². The van der Waals surface area contributed by atoms with Crippen LogP contribution < -0.4 is 5.56 Å². The topological polar surface area (TPSA) is 62.4 Å². The van der Waals surface area contributed by atoms with Crippen molar-refractivity contribution < 1.29 is 9.53 Å². The molecule has 1 saturated heterocycles. The number of aromatic amines is 1. The van der Waals surface area contributed by atoms with Gasteiger partial charge < -0.3 is 14.6 Å². The first-order valence-electron chi connectivity index (χ1n) is 5.37. The second-order valence-electron chi connectivity index (χ2n) is 3.83. The Morgan fingerprint density at radius 2 is 2.41 bits per heavy atom. The molecule has 1 aliphatic heterocycles. The van der Waals surface area contributed by atoms with Gasteiger partial charge in [0.2, 0.25) is 5.56 Å². The minimum absolute atomic E-state index is 0.0168. The molecule has 2 heterocycles. The van der Waals surface area contributed by atoms with E-state index in [4.69, 9.17) is 4.74 Å². The lowest BCUT2D eigenvalue weighted by atomic mass is 10.2. The van der Waals surface area contributed by atoms with Gasteiger partial charge in [-0.1, -0.05) is 22.0 Å². The van der Waals surface area contributed by atoms with Crippen molar-refractivity contribution in [3.8, 4) is 0 Å². The third-order valence-corrected chi connectivity index (χ3v) is 3.32. The van der Waals surface area contributed by atoms with Crippen molar-refractivity contribution in [2.24, 2.45) is 0 Å². The molecule has 1 fully saturated rings. The van der Waals surface area contributed by atoms with Gasteiger partial charge in [-0.2, -0.15) is 0 Å². The standard InChI is InChI=1S/C11H13BrN2O3/c12-6-8-7-14(4-5-17-8)11(16)9-2-1-3-10(15)13-9/h1-3,8H,4-7H2,(H,13,15). The second kappa shape index (κ2) is 5.46. The lowest BCUT2D eigenvalue weighted by Gasteiger charge is -2.31. The van der Waals surface area contributed by atoms with Crippen LogP contribution in [0, 0.1) is 0 Å². The summed E-state index contributed by atoms with van der Waals surface area (Å²) in [4.78, 5) is 27.5. The SMILES string of the molecule is O=C(c1cccc(=O)[nH]1)N1CCOC(CBr)C1. The summed E-state index contributed by atoms with van der Waals surface area (Å²) in [6.07, 6.45) is 0.0168. The summed E-state index contributed by atoms with van der Waals surface area (Å²) in [5.74, 6) is -0.156. The fourth-order valence-electron chi connectivity index (χ4n) is 1.74. The van der Waals surface area contributed by atoms with Crippen molar-refractivity contribution in [1.82, 2.24) is 9.88 Å². The van der Waals surface area contributed by atoms with Crippen molar-refractivity contribution in [3.05, 3.63) is 34.2 Å². The number of aromatic nitrogens is 1. The molecule has 1 N–H and O–H groups in total. The zero-order valence-electron chi connectivity index (χ0n) is 9.19. The number of carbonyl (C=O) groups excluding carboxylic acids is 1. The molecule has 1 aromatic rings. The Balaban J connectivity index is 2.12. The Hall–Kier alpha value is -1.14. The fourth-order valence-corrected chi connectivity index (χ4v) is 2.13. The van der Waals surface area contributed by atoms with E-state index in [1.54, 1.807) is 17.0 Å². The predicted molar refractivity (Wildman–Crippen MR) is 66.5 cm³/mol. The van der Waals surface area contributed by atoms with E-state index in [-0.39, 0.29) is 17.6 Å². The van der Waals surface area contributed by atoms with Crippen LogP contribution in [0.3, 0.4) is 0 Å². The highest BCUT2D eigenvalue weighted by molar-refractivity contribution is 9.09. The van der Waals surface area contributed by atoms with Crippen LogP contribution in [-0.2, 0) is 4.74 Å². The number of alkyl halides is 1. The molecule has 1 aliphatic rings. The summed E-state index contributed by atoms with van der Waals surface area (Å²) in [5, 5.41) is 0.697. The predicted octanol–water partition coefficient (Wildman–Crippen LogP) is 0.611. The summed E-state index contributed by atoms with van der Waals surface area (Å²) in [7, 11) is 0. The number of rotatable bonds is 2. The van der Waals surface area contributed by atoms with E-state index in [2.05, 4.69) is 20.9 Å². The Morgan fingerprint density at radius 1 is 1.59 bits per heavy atom. The quantitative estimate of drug-likeness (QED) is 0.814. The highest BCUT2D eigenvalue weighted by Gasteiger charge is 2.24. The first-order valence-corrected chi connectivity index (χ1v) is 6.49. The lowest BCUT2D eigenvalue weighted by molar-refractivity contribution is -0.00988. The van der Waals surface area contributed by atoms with Crippen molar-refractivity contribution in [1.29, 1.82) is 0 Å². The van der Waals surface area contributed by atoms with Crippen LogP contribution in [0.2, 0.25) is 0 Å². The van der Waals surface area contributed by atoms with Crippen LogP contribution in [0.4, 0.5) is 0 Å². The number of hydrogen-bond acceptors (Lipinski definition) is 3. The number of ether oxygens (including phenoxy) is 1. The molecule has 0 bridgehead atoms. The van der Waals surface area contributed by atoms with Crippen molar-refractivity contribution >= 4 is 21.8 Å². The summed E-state index contributed by atoms with van der Waals surface area (Å²) in [5.41, 5.74) is 0.0638. The maximum atomic E-state index is 12.1. The van der Waals surface area contributed by atoms with Gasteiger partial charge in [0.05, 0.1) is 12.7 Å². The van der Waals surface area contributed by atoms with Gasteiger partial charge in [0.25, 0.3) is 5.91 Å². The summed E-state index contributed by atoms with van der Waals surface area (Å²) in [6.45, 7) is 1.62. The molecule has 0 aliphatic carbocycles. The third-order valence-electron chi connectivity index (χ3n) is 2.60. The van der Waals surface area contributed by atoms with Crippen LogP contribution in [0.5, 0.6) is 0 Å². The average molecular weight is 301 g/mol. The Kier molecular flexibility index (Phi) is 3.96. The molecule has 17 heavy (non-hydrogen) atoms. The van der Waals surface area contributed by atoms with Gasteiger partial charge in [-0.15, -0.1) is 0 Å². The Bertz CT molecular complexity index is 460. The molecule has 1 atom stereocenters. The number of pyridine rings is 1. The molecule has 0 saturated carbocycles. The zero-order valence-corrected chi connectivity index (χ0v) is 10.8.